The molecule has 0 saturated carbocycles. The predicted octanol–water partition coefficient (Wildman–Crippen LogP) is 0.826. The topological polar surface area (TPSA) is 38.0 Å². The first-order valence-corrected chi connectivity index (χ1v) is 4.32. The molecular weight excluding hydrogens is 152 g/mol. The van der Waals surface area contributed by atoms with Gasteiger partial charge in [-0.25, -0.2) is 0 Å². The highest BCUT2D eigenvalue weighted by Gasteiger charge is 2.09. The fourth-order valence-corrected chi connectivity index (χ4v) is 1.63. The Labute approximate surface area is 73.0 Å². The van der Waals surface area contributed by atoms with E-state index in [0.717, 1.165) is 17.8 Å². The van der Waals surface area contributed by atoms with Crippen LogP contribution in [0.1, 0.15) is 23.9 Å². The minimum absolute atomic E-state index is 0.200. The van der Waals surface area contributed by atoms with Gasteiger partial charge >= 0.3 is 0 Å². The Hall–Kier alpha value is -0.830. The van der Waals surface area contributed by atoms with Crippen molar-refractivity contribution in [2.75, 3.05) is 6.61 Å². The van der Waals surface area contributed by atoms with Crippen LogP contribution >= 0.6 is 0 Å². The second kappa shape index (κ2) is 3.72. The molecule has 1 heterocycles. The van der Waals surface area contributed by atoms with Crippen LogP contribution in [0.5, 0.6) is 0 Å². The van der Waals surface area contributed by atoms with Gasteiger partial charge in [0.2, 0.25) is 0 Å². The molecule has 0 radical (unpaired) electrons. The van der Waals surface area contributed by atoms with Crippen molar-refractivity contribution in [1.29, 1.82) is 0 Å². The molecule has 0 aromatic carbocycles. The molecule has 0 amide bonds. The molecule has 0 aliphatic heterocycles. The normalized spacial score (nSPS) is 10.7. The third kappa shape index (κ3) is 1.50. The van der Waals surface area contributed by atoms with Crippen molar-refractivity contribution in [3.8, 4) is 0 Å². The lowest BCUT2D eigenvalue weighted by molar-refractivity contribution is 0.296. The van der Waals surface area contributed by atoms with Gasteiger partial charge in [0.1, 0.15) is 0 Å². The van der Waals surface area contributed by atoms with Crippen LogP contribution in [0.25, 0.3) is 0 Å². The first-order chi connectivity index (χ1) is 5.70. The highest BCUT2D eigenvalue weighted by Crippen LogP contribution is 2.13. The number of aliphatic hydroxyl groups is 1. The number of hydrogen-bond acceptors (Lipinski definition) is 2. The molecule has 1 N–H and O–H groups in total. The fourth-order valence-electron chi connectivity index (χ4n) is 1.63. The number of hydrogen-bond donors (Lipinski definition) is 1. The van der Waals surface area contributed by atoms with Crippen LogP contribution in [0.3, 0.4) is 0 Å². The van der Waals surface area contributed by atoms with Gasteiger partial charge in [-0.15, -0.1) is 0 Å². The van der Waals surface area contributed by atoms with Crippen molar-refractivity contribution in [1.82, 2.24) is 9.78 Å². The molecule has 0 aliphatic rings. The van der Waals surface area contributed by atoms with E-state index in [1.807, 2.05) is 18.7 Å². The van der Waals surface area contributed by atoms with Crippen LogP contribution in [0.4, 0.5) is 0 Å². The summed E-state index contributed by atoms with van der Waals surface area (Å²) in [4.78, 5) is 0. The largest absolute Gasteiger partial charge is 0.396 e. The maximum atomic E-state index is 8.83. The smallest absolute Gasteiger partial charge is 0.0628 e. The molecule has 3 heteroatoms. The molecule has 0 saturated heterocycles. The van der Waals surface area contributed by atoms with Crippen LogP contribution in [0.15, 0.2) is 0 Å². The minimum atomic E-state index is 0.200. The SMILES string of the molecule is CCc1c(C)nn(C)c1CCO. The molecule has 0 unspecified atom stereocenters. The summed E-state index contributed by atoms with van der Waals surface area (Å²) < 4.78 is 1.87. The van der Waals surface area contributed by atoms with Gasteiger partial charge in [-0.05, 0) is 18.9 Å². The zero-order chi connectivity index (χ0) is 9.14. The number of aromatic nitrogens is 2. The maximum Gasteiger partial charge on any atom is 0.0628 e. The van der Waals surface area contributed by atoms with Crippen molar-refractivity contribution in [2.45, 2.75) is 26.7 Å². The van der Waals surface area contributed by atoms with E-state index in [9.17, 15) is 0 Å². The Morgan fingerprint density at radius 1 is 1.50 bits per heavy atom. The van der Waals surface area contributed by atoms with Gasteiger partial charge in [-0.2, -0.15) is 5.10 Å². The third-order valence-corrected chi connectivity index (χ3v) is 2.18. The maximum absolute atomic E-state index is 8.83. The summed E-state index contributed by atoms with van der Waals surface area (Å²) in [5.41, 5.74) is 3.53. The Bertz CT molecular complexity index is 266. The monoisotopic (exact) mass is 168 g/mol. The van der Waals surface area contributed by atoms with E-state index in [4.69, 9.17) is 5.11 Å². The van der Waals surface area contributed by atoms with Crippen molar-refractivity contribution >= 4 is 0 Å². The van der Waals surface area contributed by atoms with E-state index >= 15 is 0 Å². The Balaban J connectivity index is 3.04. The molecule has 1 rings (SSSR count). The third-order valence-electron chi connectivity index (χ3n) is 2.18. The van der Waals surface area contributed by atoms with Crippen molar-refractivity contribution < 1.29 is 5.11 Å². The molecule has 68 valence electrons. The van der Waals surface area contributed by atoms with Crippen LogP contribution < -0.4 is 0 Å². The summed E-state index contributed by atoms with van der Waals surface area (Å²) in [6.45, 7) is 4.33. The Kier molecular flexibility index (Phi) is 2.87. The predicted molar refractivity (Wildman–Crippen MR) is 48.1 cm³/mol. The van der Waals surface area contributed by atoms with Crippen LogP contribution in [-0.4, -0.2) is 21.5 Å². The van der Waals surface area contributed by atoms with Gasteiger partial charge in [0.15, 0.2) is 0 Å². The molecule has 0 aliphatic carbocycles. The number of rotatable bonds is 3. The minimum Gasteiger partial charge on any atom is -0.396 e. The van der Waals surface area contributed by atoms with Crippen LogP contribution in [0, 0.1) is 6.92 Å². The zero-order valence-electron chi connectivity index (χ0n) is 7.96. The molecular formula is C9H16N2O. The summed E-state index contributed by atoms with van der Waals surface area (Å²) in [5, 5.41) is 13.1. The second-order valence-corrected chi connectivity index (χ2v) is 2.96. The summed E-state index contributed by atoms with van der Waals surface area (Å²) in [7, 11) is 1.93. The van der Waals surface area contributed by atoms with Crippen molar-refractivity contribution in [2.24, 2.45) is 7.05 Å². The van der Waals surface area contributed by atoms with E-state index in [0.29, 0.717) is 6.42 Å². The van der Waals surface area contributed by atoms with Crippen molar-refractivity contribution in [3.63, 3.8) is 0 Å². The molecule has 12 heavy (non-hydrogen) atoms. The average Bonchev–Trinajstić information content (AvgIpc) is 2.28. The van der Waals surface area contributed by atoms with Gasteiger partial charge < -0.3 is 5.11 Å². The fraction of sp³-hybridized carbons (Fsp3) is 0.667. The van der Waals surface area contributed by atoms with Crippen LogP contribution in [0.2, 0.25) is 0 Å². The number of aliphatic hydroxyl groups excluding tert-OH is 1. The molecule has 1 aromatic rings. The van der Waals surface area contributed by atoms with E-state index in [1.165, 1.54) is 5.56 Å². The highest BCUT2D eigenvalue weighted by molar-refractivity contribution is 5.25. The van der Waals surface area contributed by atoms with E-state index in [-0.39, 0.29) is 6.61 Å². The zero-order valence-corrected chi connectivity index (χ0v) is 7.96. The molecule has 0 fully saturated rings. The lowest BCUT2D eigenvalue weighted by atomic mass is 10.1. The average molecular weight is 168 g/mol. The second-order valence-electron chi connectivity index (χ2n) is 2.96. The van der Waals surface area contributed by atoms with E-state index in [2.05, 4.69) is 12.0 Å². The molecule has 0 atom stereocenters. The summed E-state index contributed by atoms with van der Waals surface area (Å²) in [5.74, 6) is 0. The summed E-state index contributed by atoms with van der Waals surface area (Å²) >= 11 is 0. The quantitative estimate of drug-likeness (QED) is 0.725. The van der Waals surface area contributed by atoms with Gasteiger partial charge in [0, 0.05) is 25.8 Å². The first kappa shape index (κ1) is 9.26. The first-order valence-electron chi connectivity index (χ1n) is 4.32. The van der Waals surface area contributed by atoms with Gasteiger partial charge in [0.05, 0.1) is 5.69 Å². The van der Waals surface area contributed by atoms with E-state index < -0.39 is 0 Å². The van der Waals surface area contributed by atoms with Gasteiger partial charge in [-0.3, -0.25) is 4.68 Å². The van der Waals surface area contributed by atoms with Gasteiger partial charge in [-0.1, -0.05) is 6.92 Å². The number of nitrogens with zero attached hydrogens (tertiary/aromatic N) is 2. The molecule has 3 nitrogen and oxygen atoms in total. The van der Waals surface area contributed by atoms with Crippen molar-refractivity contribution in [3.05, 3.63) is 17.0 Å². The summed E-state index contributed by atoms with van der Waals surface area (Å²) in [6.07, 6.45) is 1.70. The molecule has 1 aromatic heterocycles. The number of aryl methyl sites for hydroxylation is 2. The van der Waals surface area contributed by atoms with Gasteiger partial charge in [0.25, 0.3) is 0 Å². The Morgan fingerprint density at radius 3 is 2.67 bits per heavy atom. The van der Waals surface area contributed by atoms with E-state index in [1.54, 1.807) is 0 Å². The molecule has 0 bridgehead atoms. The lowest BCUT2D eigenvalue weighted by Gasteiger charge is -2.01. The highest BCUT2D eigenvalue weighted by atomic mass is 16.3. The Morgan fingerprint density at radius 2 is 2.17 bits per heavy atom. The summed E-state index contributed by atoms with van der Waals surface area (Å²) in [6, 6.07) is 0. The molecule has 0 spiro atoms. The lowest BCUT2D eigenvalue weighted by Crippen LogP contribution is -2.02. The van der Waals surface area contributed by atoms with Crippen LogP contribution in [-0.2, 0) is 19.9 Å². The standard InChI is InChI=1S/C9H16N2O/c1-4-8-7(2)10-11(3)9(8)5-6-12/h12H,4-6H2,1-3H3.